The van der Waals surface area contributed by atoms with Crippen molar-refractivity contribution in [3.05, 3.63) is 82.6 Å². The Balaban J connectivity index is 1.81. The molecule has 122 valence electrons. The lowest BCUT2D eigenvalue weighted by atomic mass is 10.1. The summed E-state index contributed by atoms with van der Waals surface area (Å²) in [7, 11) is 0. The molecule has 0 amide bonds. The highest BCUT2D eigenvalue weighted by atomic mass is 16.4. The largest absolute Gasteiger partial charge is 0.478 e. The van der Waals surface area contributed by atoms with Crippen LogP contribution in [0.5, 0.6) is 0 Å². The van der Waals surface area contributed by atoms with Gasteiger partial charge in [0, 0.05) is 17.7 Å². The van der Waals surface area contributed by atoms with Crippen LogP contribution in [0.15, 0.2) is 71.5 Å². The Morgan fingerprint density at radius 1 is 0.960 bits per heavy atom. The van der Waals surface area contributed by atoms with Gasteiger partial charge >= 0.3 is 5.97 Å². The predicted octanol–water partition coefficient (Wildman–Crippen LogP) is 3.05. The fraction of sp³-hybridized carbons (Fsp3) is 0. The van der Waals surface area contributed by atoms with Crippen molar-refractivity contribution >= 4 is 11.6 Å². The number of hydrogen-bond donors (Lipinski definition) is 2. The van der Waals surface area contributed by atoms with Crippen LogP contribution < -0.4 is 5.56 Å². The van der Waals surface area contributed by atoms with Crippen molar-refractivity contribution < 1.29 is 9.90 Å². The zero-order chi connectivity index (χ0) is 17.4. The van der Waals surface area contributed by atoms with Gasteiger partial charge in [-0.25, -0.2) is 4.79 Å². The van der Waals surface area contributed by atoms with Crippen LogP contribution in [0.4, 0.5) is 0 Å². The van der Waals surface area contributed by atoms with Crippen molar-refractivity contribution in [2.24, 2.45) is 0 Å². The lowest BCUT2D eigenvalue weighted by Crippen LogP contribution is -2.14. The van der Waals surface area contributed by atoms with Crippen LogP contribution in [0.2, 0.25) is 0 Å². The first-order valence-electron chi connectivity index (χ1n) is 7.64. The van der Waals surface area contributed by atoms with Crippen molar-refractivity contribution in [1.82, 2.24) is 14.6 Å². The summed E-state index contributed by atoms with van der Waals surface area (Å²) in [5.74, 6) is -0.987. The van der Waals surface area contributed by atoms with Crippen LogP contribution in [0.25, 0.3) is 28.2 Å². The van der Waals surface area contributed by atoms with Gasteiger partial charge in [0.2, 0.25) is 0 Å². The second-order valence-corrected chi connectivity index (χ2v) is 5.60. The van der Waals surface area contributed by atoms with Crippen LogP contribution in [0, 0.1) is 0 Å². The lowest BCUT2D eigenvalue weighted by molar-refractivity contribution is 0.0697. The molecule has 0 aliphatic heterocycles. The number of benzene rings is 2. The van der Waals surface area contributed by atoms with Crippen LogP contribution in [-0.2, 0) is 0 Å². The summed E-state index contributed by atoms with van der Waals surface area (Å²) in [6.45, 7) is 0. The van der Waals surface area contributed by atoms with Gasteiger partial charge in [0.15, 0.2) is 0 Å². The van der Waals surface area contributed by atoms with E-state index in [1.54, 1.807) is 12.1 Å². The molecular formula is C19H13N3O3. The van der Waals surface area contributed by atoms with Gasteiger partial charge in [0.1, 0.15) is 5.65 Å². The normalized spacial score (nSPS) is 10.9. The predicted molar refractivity (Wildman–Crippen MR) is 93.6 cm³/mol. The third-order valence-electron chi connectivity index (χ3n) is 3.96. The van der Waals surface area contributed by atoms with E-state index in [9.17, 15) is 9.59 Å². The van der Waals surface area contributed by atoms with E-state index in [2.05, 4.69) is 10.1 Å². The third kappa shape index (κ3) is 2.70. The first-order valence-corrected chi connectivity index (χ1v) is 7.64. The number of nitrogens with one attached hydrogen (secondary N) is 1. The molecule has 25 heavy (non-hydrogen) atoms. The van der Waals surface area contributed by atoms with E-state index in [0.29, 0.717) is 17.0 Å². The number of aromatic carboxylic acids is 1. The fourth-order valence-electron chi connectivity index (χ4n) is 2.69. The summed E-state index contributed by atoms with van der Waals surface area (Å²) in [5.41, 5.74) is 3.47. The molecule has 0 saturated carbocycles. The highest BCUT2D eigenvalue weighted by molar-refractivity contribution is 5.88. The number of nitrogens with zero attached hydrogens (tertiary/aromatic N) is 2. The molecule has 0 saturated heterocycles. The molecule has 0 bridgehead atoms. The maximum Gasteiger partial charge on any atom is 0.335 e. The number of carbonyl (C=O) groups is 1. The molecule has 0 aliphatic rings. The topological polar surface area (TPSA) is 87.5 Å². The minimum absolute atomic E-state index is 0.197. The molecule has 0 atom stereocenters. The van der Waals surface area contributed by atoms with Crippen molar-refractivity contribution in [3.63, 3.8) is 0 Å². The van der Waals surface area contributed by atoms with Crippen LogP contribution >= 0.6 is 0 Å². The molecule has 2 aromatic carbocycles. The van der Waals surface area contributed by atoms with Gasteiger partial charge in [-0.1, -0.05) is 42.5 Å². The molecule has 4 aromatic rings. The van der Waals surface area contributed by atoms with Crippen molar-refractivity contribution in [3.8, 4) is 22.5 Å². The number of carboxylic acids is 1. The van der Waals surface area contributed by atoms with Crippen LogP contribution in [-0.4, -0.2) is 25.7 Å². The number of aromatic nitrogens is 3. The van der Waals surface area contributed by atoms with Gasteiger partial charge in [0.25, 0.3) is 5.56 Å². The number of rotatable bonds is 3. The molecule has 4 rings (SSSR count). The van der Waals surface area contributed by atoms with Crippen molar-refractivity contribution in [2.75, 3.05) is 0 Å². The van der Waals surface area contributed by atoms with Gasteiger partial charge in [-0.15, -0.1) is 0 Å². The molecule has 6 heteroatoms. The van der Waals surface area contributed by atoms with E-state index < -0.39 is 5.97 Å². The first kappa shape index (κ1) is 14.9. The molecule has 6 nitrogen and oxygen atoms in total. The number of fused-ring (bicyclic) bond motifs is 1. The van der Waals surface area contributed by atoms with E-state index in [1.165, 1.54) is 22.7 Å². The minimum atomic E-state index is -0.987. The van der Waals surface area contributed by atoms with Crippen molar-refractivity contribution in [2.45, 2.75) is 0 Å². The van der Waals surface area contributed by atoms with Gasteiger partial charge in [0.05, 0.1) is 17.0 Å². The Kier molecular flexibility index (Phi) is 3.43. The molecule has 0 unspecified atom stereocenters. The summed E-state index contributed by atoms with van der Waals surface area (Å²) in [6, 6.07) is 19.2. The monoisotopic (exact) mass is 331 g/mol. The lowest BCUT2D eigenvalue weighted by Gasteiger charge is -2.03. The van der Waals surface area contributed by atoms with E-state index in [0.717, 1.165) is 11.1 Å². The number of aromatic amines is 1. The Bertz CT molecular complexity index is 1130. The summed E-state index contributed by atoms with van der Waals surface area (Å²) >= 11 is 0. The SMILES string of the molecule is O=C(O)c1ccc(-c2cc(=O)n3nc(-c4ccccc4)cc3[nH]2)cc1. The molecule has 2 heterocycles. The van der Waals surface area contributed by atoms with E-state index in [4.69, 9.17) is 5.11 Å². The Morgan fingerprint density at radius 3 is 2.36 bits per heavy atom. The van der Waals surface area contributed by atoms with Gasteiger partial charge < -0.3 is 10.1 Å². The standard InChI is InChI=1S/C19H13N3O3/c23-18-11-15(13-6-8-14(9-7-13)19(24)25)20-17-10-16(21-22(17)18)12-4-2-1-3-5-12/h1-11,20H,(H,24,25). The second kappa shape index (κ2) is 5.76. The quantitative estimate of drug-likeness (QED) is 0.604. The maximum absolute atomic E-state index is 12.4. The van der Waals surface area contributed by atoms with Crippen LogP contribution in [0.1, 0.15) is 10.4 Å². The Labute approximate surface area is 142 Å². The van der Waals surface area contributed by atoms with Crippen LogP contribution in [0.3, 0.4) is 0 Å². The van der Waals surface area contributed by atoms with E-state index in [-0.39, 0.29) is 11.1 Å². The third-order valence-corrected chi connectivity index (χ3v) is 3.96. The summed E-state index contributed by atoms with van der Waals surface area (Å²) in [4.78, 5) is 26.5. The molecule has 0 aliphatic carbocycles. The average molecular weight is 331 g/mol. The summed E-state index contributed by atoms with van der Waals surface area (Å²) < 4.78 is 1.32. The molecule has 2 N–H and O–H groups in total. The fourth-order valence-corrected chi connectivity index (χ4v) is 2.69. The highest BCUT2D eigenvalue weighted by Crippen LogP contribution is 2.21. The second-order valence-electron chi connectivity index (χ2n) is 5.60. The zero-order valence-corrected chi connectivity index (χ0v) is 13.0. The minimum Gasteiger partial charge on any atom is -0.478 e. The zero-order valence-electron chi connectivity index (χ0n) is 13.0. The Hall–Kier alpha value is -3.67. The molecule has 0 fully saturated rings. The van der Waals surface area contributed by atoms with Gasteiger partial charge in [-0.05, 0) is 17.7 Å². The van der Waals surface area contributed by atoms with Gasteiger partial charge in [-0.2, -0.15) is 9.61 Å². The number of carboxylic acid groups (broad SMARTS) is 1. The summed E-state index contributed by atoms with van der Waals surface area (Å²) in [6.07, 6.45) is 0. The molecular weight excluding hydrogens is 318 g/mol. The summed E-state index contributed by atoms with van der Waals surface area (Å²) in [5, 5.41) is 13.3. The maximum atomic E-state index is 12.4. The van der Waals surface area contributed by atoms with E-state index >= 15 is 0 Å². The molecule has 0 radical (unpaired) electrons. The Morgan fingerprint density at radius 2 is 1.68 bits per heavy atom. The van der Waals surface area contributed by atoms with Crippen molar-refractivity contribution in [1.29, 1.82) is 0 Å². The molecule has 0 spiro atoms. The number of H-pyrrole nitrogens is 1. The highest BCUT2D eigenvalue weighted by Gasteiger charge is 2.10. The molecule has 2 aromatic heterocycles. The smallest absolute Gasteiger partial charge is 0.335 e. The average Bonchev–Trinajstić information content (AvgIpc) is 3.07. The van der Waals surface area contributed by atoms with Gasteiger partial charge in [-0.3, -0.25) is 4.79 Å². The number of hydrogen-bond acceptors (Lipinski definition) is 3. The first-order chi connectivity index (χ1) is 12.1. The van der Waals surface area contributed by atoms with E-state index in [1.807, 2.05) is 36.4 Å².